The van der Waals surface area contributed by atoms with Crippen molar-refractivity contribution in [3.63, 3.8) is 0 Å². The van der Waals surface area contributed by atoms with Gasteiger partial charge in [0.25, 0.3) is 0 Å². The molecule has 0 radical (unpaired) electrons. The molecule has 224 valence electrons. The molecule has 3 fully saturated rings. The van der Waals surface area contributed by atoms with Gasteiger partial charge in [0.1, 0.15) is 17.2 Å². The maximum atomic E-state index is 13.7. The van der Waals surface area contributed by atoms with Crippen LogP contribution in [0.1, 0.15) is 36.8 Å². The van der Waals surface area contributed by atoms with E-state index in [-0.39, 0.29) is 33.9 Å². The van der Waals surface area contributed by atoms with Gasteiger partial charge in [-0.25, -0.2) is 13.4 Å². The fraction of sp³-hybridized carbons (Fsp3) is 0.577. The third kappa shape index (κ3) is 5.29. The average molecular weight is 598 g/mol. The van der Waals surface area contributed by atoms with Crippen molar-refractivity contribution in [3.05, 3.63) is 35.5 Å². The number of hydrogen-bond donors (Lipinski definition) is 4. The molecule has 1 aromatic carbocycles. The zero-order chi connectivity index (χ0) is 29.0. The van der Waals surface area contributed by atoms with Crippen LogP contribution in [0.2, 0.25) is 0 Å². The van der Waals surface area contributed by atoms with Crippen molar-refractivity contribution in [2.75, 3.05) is 57.1 Å². The molecule has 3 aliphatic heterocycles. The van der Waals surface area contributed by atoms with Crippen molar-refractivity contribution in [2.45, 2.75) is 48.5 Å². The first kappa shape index (κ1) is 28.3. The minimum absolute atomic E-state index is 0.0934. The lowest BCUT2D eigenvalue weighted by Gasteiger charge is -2.39. The van der Waals surface area contributed by atoms with Crippen molar-refractivity contribution >= 4 is 27.5 Å². The summed E-state index contributed by atoms with van der Waals surface area (Å²) in [7, 11) is -2.35. The minimum atomic E-state index is -4.59. The number of nitrogens with two attached hydrogens (primary N) is 1. The zero-order valence-corrected chi connectivity index (χ0v) is 23.4. The van der Waals surface area contributed by atoms with E-state index in [9.17, 15) is 21.6 Å². The molecule has 5 N–H and O–H groups in total. The predicted octanol–water partition coefficient (Wildman–Crippen LogP) is 2.94. The molecular formula is C26H34F3N7O4S. The molecule has 2 saturated heterocycles. The molecule has 4 aliphatic rings. The van der Waals surface area contributed by atoms with Gasteiger partial charge in [-0.15, -0.1) is 0 Å². The van der Waals surface area contributed by atoms with E-state index in [1.807, 2.05) is 0 Å². The molecule has 0 amide bonds. The number of hydrogen-bond acceptors (Lipinski definition) is 9. The fourth-order valence-electron chi connectivity index (χ4n) is 6.03. The number of morpholine rings is 1. The topological polar surface area (TPSA) is 137 Å². The van der Waals surface area contributed by atoms with Gasteiger partial charge in [0, 0.05) is 56.0 Å². The Hall–Kier alpha value is -2.85. The van der Waals surface area contributed by atoms with Gasteiger partial charge in [0.15, 0.2) is 0 Å². The number of aromatic nitrogens is 1. The lowest BCUT2D eigenvalue weighted by Crippen LogP contribution is -2.50. The highest BCUT2D eigenvalue weighted by Crippen LogP contribution is 2.52. The zero-order valence-electron chi connectivity index (χ0n) is 22.6. The Kier molecular flexibility index (Phi) is 7.21. The summed E-state index contributed by atoms with van der Waals surface area (Å²) >= 11 is 0. The number of H-pyrrole nitrogens is 1. The van der Waals surface area contributed by atoms with E-state index in [4.69, 9.17) is 15.2 Å². The van der Waals surface area contributed by atoms with E-state index in [0.29, 0.717) is 50.9 Å². The minimum Gasteiger partial charge on any atom is -0.495 e. The Morgan fingerprint density at radius 3 is 2.49 bits per heavy atom. The largest absolute Gasteiger partial charge is 0.495 e. The maximum Gasteiger partial charge on any atom is 0.418 e. The second kappa shape index (κ2) is 10.5. The van der Waals surface area contributed by atoms with Gasteiger partial charge in [0.2, 0.25) is 16.0 Å². The number of benzene rings is 1. The van der Waals surface area contributed by atoms with Gasteiger partial charge in [-0.05, 0) is 37.8 Å². The Labute approximate surface area is 236 Å². The van der Waals surface area contributed by atoms with E-state index in [1.54, 1.807) is 6.07 Å². The molecule has 15 heteroatoms. The summed E-state index contributed by atoms with van der Waals surface area (Å²) in [5.41, 5.74) is 4.40. The summed E-state index contributed by atoms with van der Waals surface area (Å²) in [6.45, 7) is 3.98. The van der Waals surface area contributed by atoms with Crippen LogP contribution in [0.4, 0.5) is 24.7 Å². The molecule has 41 heavy (non-hydrogen) atoms. The number of fused-ring (bicyclic) bond motifs is 1. The van der Waals surface area contributed by atoms with E-state index in [1.165, 1.54) is 23.5 Å². The van der Waals surface area contributed by atoms with Crippen molar-refractivity contribution in [1.29, 1.82) is 0 Å². The van der Waals surface area contributed by atoms with Crippen molar-refractivity contribution < 1.29 is 31.1 Å². The number of sulfonamides is 1. The van der Waals surface area contributed by atoms with Crippen LogP contribution in [0.3, 0.4) is 0 Å². The summed E-state index contributed by atoms with van der Waals surface area (Å²) in [4.78, 5) is 9.60. The second-order valence-corrected chi connectivity index (χ2v) is 12.8. The number of aliphatic imine (C=N–C) groups is 1. The van der Waals surface area contributed by atoms with Crippen LogP contribution < -0.4 is 21.1 Å². The lowest BCUT2D eigenvalue weighted by molar-refractivity contribution is -0.138. The van der Waals surface area contributed by atoms with Gasteiger partial charge in [-0.2, -0.15) is 17.5 Å². The van der Waals surface area contributed by atoms with Crippen molar-refractivity contribution in [1.82, 2.24) is 14.2 Å². The molecular weight excluding hydrogens is 563 g/mol. The van der Waals surface area contributed by atoms with E-state index in [0.717, 1.165) is 32.1 Å². The van der Waals surface area contributed by atoms with Crippen LogP contribution in [0.15, 0.2) is 34.3 Å². The summed E-state index contributed by atoms with van der Waals surface area (Å²) in [5, 5.41) is 5.90. The lowest BCUT2D eigenvalue weighted by atomic mass is 9.92. The SMILES string of the molecule is COc1cc(S(=O)(=O)N2CCC(N3CCOCC3)CC2)ccc1NC1=NC(N)(C2CC2)c2c(C(F)(F)F)c[nH]c2N1. The molecule has 1 aromatic heterocycles. The van der Waals surface area contributed by atoms with Crippen LogP contribution in [0.25, 0.3) is 0 Å². The summed E-state index contributed by atoms with van der Waals surface area (Å²) < 4.78 is 80.6. The summed E-state index contributed by atoms with van der Waals surface area (Å²) in [6.07, 6.45) is -0.873. The quantitative estimate of drug-likeness (QED) is 0.399. The monoisotopic (exact) mass is 597 g/mol. The first-order valence-electron chi connectivity index (χ1n) is 13.7. The Morgan fingerprint density at radius 1 is 1.15 bits per heavy atom. The molecule has 2 aromatic rings. The number of halogens is 3. The number of ether oxygens (including phenoxy) is 2. The number of guanidine groups is 1. The Morgan fingerprint density at radius 2 is 1.85 bits per heavy atom. The predicted molar refractivity (Wildman–Crippen MR) is 146 cm³/mol. The normalized spacial score (nSPS) is 24.9. The first-order valence-corrected chi connectivity index (χ1v) is 15.2. The van der Waals surface area contributed by atoms with Gasteiger partial charge in [-0.3, -0.25) is 4.90 Å². The van der Waals surface area contributed by atoms with Crippen LogP contribution in [0.5, 0.6) is 5.75 Å². The molecule has 4 heterocycles. The second-order valence-electron chi connectivity index (χ2n) is 10.9. The molecule has 1 aliphatic carbocycles. The Bertz CT molecular complexity index is 1430. The highest BCUT2D eigenvalue weighted by molar-refractivity contribution is 7.89. The maximum absolute atomic E-state index is 13.7. The molecule has 11 nitrogen and oxygen atoms in total. The van der Waals surface area contributed by atoms with Crippen LogP contribution >= 0.6 is 0 Å². The molecule has 1 atom stereocenters. The van der Waals surface area contributed by atoms with Gasteiger partial charge < -0.3 is 30.8 Å². The highest BCUT2D eigenvalue weighted by atomic mass is 32.2. The fourth-order valence-corrected chi connectivity index (χ4v) is 7.51. The number of nitrogens with one attached hydrogen (secondary N) is 3. The number of methoxy groups -OCH3 is 1. The molecule has 1 unspecified atom stereocenters. The third-order valence-corrected chi connectivity index (χ3v) is 10.3. The molecule has 0 bridgehead atoms. The van der Waals surface area contributed by atoms with Gasteiger partial charge in [0.05, 0.1) is 36.5 Å². The molecule has 1 saturated carbocycles. The number of anilines is 2. The smallest absolute Gasteiger partial charge is 0.418 e. The number of rotatable bonds is 6. The number of nitrogens with zero attached hydrogens (tertiary/aromatic N) is 3. The van der Waals surface area contributed by atoms with Crippen LogP contribution in [-0.2, 0) is 26.6 Å². The van der Waals surface area contributed by atoms with E-state index >= 15 is 0 Å². The number of aromatic amines is 1. The molecule has 0 spiro atoms. The van der Waals surface area contributed by atoms with Gasteiger partial charge >= 0.3 is 6.18 Å². The Balaban J connectivity index is 1.20. The highest BCUT2D eigenvalue weighted by Gasteiger charge is 2.52. The molecule has 6 rings (SSSR count). The summed E-state index contributed by atoms with van der Waals surface area (Å²) in [5.74, 6) is 0.240. The van der Waals surface area contributed by atoms with E-state index < -0.39 is 27.4 Å². The number of piperidine rings is 1. The van der Waals surface area contributed by atoms with E-state index in [2.05, 4.69) is 25.5 Å². The van der Waals surface area contributed by atoms with Crippen LogP contribution in [-0.4, -0.2) is 81.1 Å². The van der Waals surface area contributed by atoms with Crippen molar-refractivity contribution in [2.24, 2.45) is 16.6 Å². The number of alkyl halides is 3. The third-order valence-electron chi connectivity index (χ3n) is 8.38. The average Bonchev–Trinajstić information content (AvgIpc) is 3.73. The first-order chi connectivity index (χ1) is 19.5. The van der Waals surface area contributed by atoms with Crippen LogP contribution in [0, 0.1) is 5.92 Å². The standard InChI is InChI=1S/C26H34F3N7O4S/c1-39-21-14-18(41(37,38)36-8-6-17(7-9-36)35-10-12-40-13-11-35)4-5-20(21)32-24-33-23-22(19(15-31-23)26(27,28)29)25(30,34-24)16-2-3-16/h4-5,14-17,31H,2-3,6-13,30H2,1H3,(H2,32,33,34). The van der Waals surface area contributed by atoms with Gasteiger partial charge in [-0.1, -0.05) is 0 Å². The van der Waals surface area contributed by atoms with Crippen molar-refractivity contribution in [3.8, 4) is 5.75 Å². The summed E-state index contributed by atoms with van der Waals surface area (Å²) in [6, 6.07) is 4.81.